The summed E-state index contributed by atoms with van der Waals surface area (Å²) in [5, 5.41) is 0. The third kappa shape index (κ3) is 5.19. The summed E-state index contributed by atoms with van der Waals surface area (Å²) in [4.78, 5) is 47.1. The Labute approximate surface area is 151 Å². The topological polar surface area (TPSA) is 104 Å². The highest BCUT2D eigenvalue weighted by atomic mass is 16.5. The molecule has 0 fully saturated rings. The Morgan fingerprint density at radius 3 is 2.58 bits per heavy atom. The number of carbonyl (C=O) groups excluding carboxylic acids is 4. The number of benzene rings is 1. The molecule has 0 aromatic heterocycles. The summed E-state index contributed by atoms with van der Waals surface area (Å²) in [7, 11) is 0. The third-order valence-electron chi connectivity index (χ3n) is 3.75. The molecule has 1 aromatic rings. The van der Waals surface area contributed by atoms with Gasteiger partial charge in [-0.3, -0.25) is 19.2 Å². The Bertz CT molecular complexity index is 805. The van der Waals surface area contributed by atoms with Crippen molar-refractivity contribution >= 4 is 23.3 Å². The van der Waals surface area contributed by atoms with Gasteiger partial charge >= 0.3 is 5.97 Å². The van der Waals surface area contributed by atoms with Gasteiger partial charge in [-0.05, 0) is 24.1 Å². The molecule has 0 bridgehead atoms. The Morgan fingerprint density at radius 2 is 1.88 bits per heavy atom. The zero-order valence-corrected chi connectivity index (χ0v) is 14.1. The van der Waals surface area contributed by atoms with Crippen LogP contribution in [-0.4, -0.2) is 29.4 Å². The molecular weight excluding hydrogens is 334 g/mol. The Morgan fingerprint density at radius 1 is 1.19 bits per heavy atom. The van der Waals surface area contributed by atoms with Gasteiger partial charge < -0.3 is 10.5 Å². The maximum absolute atomic E-state index is 11.9. The lowest BCUT2D eigenvalue weighted by atomic mass is 9.93. The molecule has 1 aliphatic rings. The fourth-order valence-corrected chi connectivity index (χ4v) is 2.24. The molecule has 1 atom stereocenters. The van der Waals surface area contributed by atoms with E-state index in [1.165, 1.54) is 12.2 Å². The second kappa shape index (κ2) is 8.82. The maximum atomic E-state index is 11.9. The fourth-order valence-electron chi connectivity index (χ4n) is 2.24. The summed E-state index contributed by atoms with van der Waals surface area (Å²) in [6, 6.07) is 7.98. The number of nitrogens with two attached hydrogens (primary N) is 1. The number of Topliss-reactive ketones (excluding diaryl/α,β-unsaturated/α-hetero) is 2. The molecule has 0 saturated heterocycles. The van der Waals surface area contributed by atoms with Crippen LogP contribution in [0.25, 0.3) is 0 Å². The summed E-state index contributed by atoms with van der Waals surface area (Å²) in [5.74, 6) is -2.48. The first-order valence-electron chi connectivity index (χ1n) is 8.02. The van der Waals surface area contributed by atoms with Crippen LogP contribution in [0.5, 0.6) is 0 Å². The van der Waals surface area contributed by atoms with Crippen molar-refractivity contribution in [3.63, 3.8) is 0 Å². The molecule has 6 heteroatoms. The first kappa shape index (κ1) is 19.2. The normalized spacial score (nSPS) is 15.7. The molecule has 0 spiro atoms. The van der Waals surface area contributed by atoms with Crippen molar-refractivity contribution in [2.75, 3.05) is 0 Å². The molecule has 0 saturated carbocycles. The van der Waals surface area contributed by atoms with Crippen molar-refractivity contribution in [2.24, 2.45) is 5.73 Å². The first-order valence-corrected chi connectivity index (χ1v) is 8.02. The summed E-state index contributed by atoms with van der Waals surface area (Å²) in [6.45, 7) is 3.57. The van der Waals surface area contributed by atoms with Crippen LogP contribution in [0.2, 0.25) is 0 Å². The number of carbonyl (C=O) groups is 4. The summed E-state index contributed by atoms with van der Waals surface area (Å²) < 4.78 is 5.07. The van der Waals surface area contributed by atoms with Gasteiger partial charge in [-0.15, -0.1) is 0 Å². The number of ether oxygens (including phenoxy) is 1. The van der Waals surface area contributed by atoms with E-state index >= 15 is 0 Å². The van der Waals surface area contributed by atoms with Crippen molar-refractivity contribution < 1.29 is 23.9 Å². The van der Waals surface area contributed by atoms with Crippen molar-refractivity contribution in [1.29, 1.82) is 0 Å². The minimum atomic E-state index is -1.10. The van der Waals surface area contributed by atoms with Crippen LogP contribution in [0.1, 0.15) is 18.4 Å². The second-order valence-electron chi connectivity index (χ2n) is 5.83. The maximum Gasteiger partial charge on any atom is 0.323 e. The van der Waals surface area contributed by atoms with Gasteiger partial charge in [0.1, 0.15) is 12.6 Å². The highest BCUT2D eigenvalue weighted by Crippen LogP contribution is 2.16. The summed E-state index contributed by atoms with van der Waals surface area (Å²) >= 11 is 0. The van der Waals surface area contributed by atoms with E-state index in [0.29, 0.717) is 0 Å². The predicted octanol–water partition coefficient (Wildman–Crippen LogP) is 1.60. The predicted molar refractivity (Wildman–Crippen MR) is 94.8 cm³/mol. The van der Waals surface area contributed by atoms with E-state index in [2.05, 4.69) is 6.58 Å². The minimum absolute atomic E-state index is 0.0742. The molecule has 0 unspecified atom stereocenters. The standard InChI is InChI=1S/C20H19NO5/c1-13-7-8-15(19(24)18(13)23)9-10-16(22)11-17(21)20(25)26-12-14-5-3-2-4-6-14/h2-6,8-10,17H,1,7,11-12,21H2/t17-/m0/s1. The number of allylic oxidation sites excluding steroid dienone is 5. The van der Waals surface area contributed by atoms with Crippen LogP contribution >= 0.6 is 0 Å². The molecule has 0 heterocycles. The van der Waals surface area contributed by atoms with Gasteiger partial charge in [-0.1, -0.05) is 43.0 Å². The van der Waals surface area contributed by atoms with Crippen molar-refractivity contribution in [2.45, 2.75) is 25.5 Å². The Hall–Kier alpha value is -3.12. The third-order valence-corrected chi connectivity index (χ3v) is 3.75. The molecule has 26 heavy (non-hydrogen) atoms. The Kier molecular flexibility index (Phi) is 6.52. The minimum Gasteiger partial charge on any atom is -0.460 e. The molecule has 0 amide bonds. The average molecular weight is 353 g/mol. The number of esters is 1. The van der Waals surface area contributed by atoms with Crippen molar-refractivity contribution in [1.82, 2.24) is 0 Å². The van der Waals surface area contributed by atoms with E-state index in [1.807, 2.05) is 18.2 Å². The van der Waals surface area contributed by atoms with Gasteiger partial charge in [-0.2, -0.15) is 0 Å². The summed E-state index contributed by atoms with van der Waals surface area (Å²) in [5.41, 5.74) is 6.85. The van der Waals surface area contributed by atoms with Crippen LogP contribution < -0.4 is 5.73 Å². The quantitative estimate of drug-likeness (QED) is 0.454. The molecule has 1 aromatic carbocycles. The van der Waals surface area contributed by atoms with E-state index < -0.39 is 29.4 Å². The molecule has 0 aliphatic heterocycles. The SMILES string of the molecule is C=C1CC=C(C=CC(=O)C[C@H](N)C(=O)OCc2ccccc2)C(=O)C1=O. The molecule has 0 radical (unpaired) electrons. The molecule has 1 aliphatic carbocycles. The van der Waals surface area contributed by atoms with Crippen LogP contribution in [-0.2, 0) is 30.5 Å². The van der Waals surface area contributed by atoms with E-state index in [-0.39, 0.29) is 30.6 Å². The number of rotatable bonds is 7. The molecule has 134 valence electrons. The van der Waals surface area contributed by atoms with Crippen LogP contribution in [0.15, 0.2) is 66.3 Å². The lowest BCUT2D eigenvalue weighted by Gasteiger charge is -2.10. The van der Waals surface area contributed by atoms with E-state index in [0.717, 1.165) is 11.6 Å². The van der Waals surface area contributed by atoms with E-state index in [1.54, 1.807) is 12.1 Å². The Balaban J connectivity index is 1.84. The lowest BCUT2D eigenvalue weighted by Crippen LogP contribution is -2.34. The molecule has 6 nitrogen and oxygen atoms in total. The monoisotopic (exact) mass is 353 g/mol. The fraction of sp³-hybridized carbons (Fsp3) is 0.200. The second-order valence-corrected chi connectivity index (χ2v) is 5.83. The van der Waals surface area contributed by atoms with E-state index in [4.69, 9.17) is 10.5 Å². The van der Waals surface area contributed by atoms with Gasteiger partial charge in [0.15, 0.2) is 5.78 Å². The zero-order valence-electron chi connectivity index (χ0n) is 14.1. The smallest absolute Gasteiger partial charge is 0.323 e. The molecule has 2 rings (SSSR count). The van der Waals surface area contributed by atoms with Gasteiger partial charge in [-0.25, -0.2) is 0 Å². The van der Waals surface area contributed by atoms with Gasteiger partial charge in [0.05, 0.1) is 0 Å². The molecular formula is C20H19NO5. The van der Waals surface area contributed by atoms with Crippen molar-refractivity contribution in [3.8, 4) is 0 Å². The average Bonchev–Trinajstić information content (AvgIpc) is 2.64. The number of ketones is 3. The lowest BCUT2D eigenvalue weighted by molar-refractivity contribution is -0.147. The van der Waals surface area contributed by atoms with Crippen LogP contribution in [0.3, 0.4) is 0 Å². The van der Waals surface area contributed by atoms with Crippen LogP contribution in [0.4, 0.5) is 0 Å². The largest absolute Gasteiger partial charge is 0.460 e. The first-order chi connectivity index (χ1) is 12.4. The summed E-state index contributed by atoms with van der Waals surface area (Å²) in [6.07, 6.45) is 3.94. The van der Waals surface area contributed by atoms with Gasteiger partial charge in [0, 0.05) is 17.6 Å². The van der Waals surface area contributed by atoms with Gasteiger partial charge in [0.25, 0.3) is 0 Å². The van der Waals surface area contributed by atoms with E-state index in [9.17, 15) is 19.2 Å². The van der Waals surface area contributed by atoms with Crippen molar-refractivity contribution in [3.05, 3.63) is 71.8 Å². The number of hydrogen-bond donors (Lipinski definition) is 1. The van der Waals surface area contributed by atoms with Crippen LogP contribution in [0, 0.1) is 0 Å². The van der Waals surface area contributed by atoms with Gasteiger partial charge in [0.2, 0.25) is 11.6 Å². The number of hydrogen-bond acceptors (Lipinski definition) is 6. The zero-order chi connectivity index (χ0) is 19.1. The molecule has 2 N–H and O–H groups in total. The highest BCUT2D eigenvalue weighted by Gasteiger charge is 2.24. The highest BCUT2D eigenvalue weighted by molar-refractivity contribution is 6.50.